The van der Waals surface area contributed by atoms with Crippen LogP contribution in [0.3, 0.4) is 0 Å². The zero-order valence-electron chi connectivity index (χ0n) is 10.4. The first-order chi connectivity index (χ1) is 8.38. The van der Waals surface area contributed by atoms with Gasteiger partial charge >= 0.3 is 0 Å². The van der Waals surface area contributed by atoms with Gasteiger partial charge < -0.3 is 10.5 Å². The van der Waals surface area contributed by atoms with Crippen LogP contribution in [0.2, 0.25) is 5.02 Å². The van der Waals surface area contributed by atoms with E-state index in [2.05, 4.69) is 4.72 Å². The third-order valence-electron chi connectivity index (χ3n) is 2.38. The Morgan fingerprint density at radius 2 is 2.11 bits per heavy atom. The minimum absolute atomic E-state index is 0.124. The third kappa shape index (κ3) is 3.84. The van der Waals surface area contributed by atoms with E-state index in [0.717, 1.165) is 0 Å². The molecule has 102 valence electrons. The lowest BCUT2D eigenvalue weighted by Gasteiger charge is -2.09. The predicted octanol–water partition coefficient (Wildman–Crippen LogP) is 1.55. The van der Waals surface area contributed by atoms with Crippen molar-refractivity contribution in [3.63, 3.8) is 0 Å². The number of hydrogen-bond donors (Lipinski definition) is 2. The summed E-state index contributed by atoms with van der Waals surface area (Å²) in [4.78, 5) is 0.124. The molecule has 0 amide bonds. The average molecular weight is 293 g/mol. The highest BCUT2D eigenvalue weighted by molar-refractivity contribution is 7.89. The molecule has 1 aromatic rings. The van der Waals surface area contributed by atoms with Crippen molar-refractivity contribution < 1.29 is 13.2 Å². The Hall–Kier alpha value is -0.820. The van der Waals surface area contributed by atoms with Gasteiger partial charge in [-0.25, -0.2) is 13.1 Å². The average Bonchev–Trinajstić information content (AvgIpc) is 2.31. The quantitative estimate of drug-likeness (QED) is 0.616. The molecule has 0 aliphatic heterocycles. The summed E-state index contributed by atoms with van der Waals surface area (Å²) in [5.41, 5.74) is 6.54. The maximum absolute atomic E-state index is 12.0. The number of aryl methyl sites for hydroxylation is 1. The summed E-state index contributed by atoms with van der Waals surface area (Å²) in [7, 11) is -1.98. The van der Waals surface area contributed by atoms with Gasteiger partial charge in [-0.3, -0.25) is 0 Å². The second kappa shape index (κ2) is 6.38. The van der Waals surface area contributed by atoms with Crippen molar-refractivity contribution in [1.29, 1.82) is 0 Å². The molecule has 18 heavy (non-hydrogen) atoms. The van der Waals surface area contributed by atoms with E-state index in [1.165, 1.54) is 12.1 Å². The normalized spacial score (nSPS) is 11.7. The lowest BCUT2D eigenvalue weighted by Crippen LogP contribution is -2.25. The van der Waals surface area contributed by atoms with Gasteiger partial charge in [-0.1, -0.05) is 11.6 Å². The summed E-state index contributed by atoms with van der Waals surface area (Å²) < 4.78 is 31.2. The number of anilines is 1. The summed E-state index contributed by atoms with van der Waals surface area (Å²) >= 11 is 5.89. The topological polar surface area (TPSA) is 81.4 Å². The minimum Gasteiger partial charge on any atom is -0.397 e. The Morgan fingerprint density at radius 1 is 1.44 bits per heavy atom. The first-order valence-corrected chi connectivity index (χ1v) is 7.29. The third-order valence-corrected chi connectivity index (χ3v) is 4.34. The van der Waals surface area contributed by atoms with Crippen molar-refractivity contribution >= 4 is 27.3 Å². The second-order valence-electron chi connectivity index (χ2n) is 3.89. The Balaban J connectivity index is 2.85. The fourth-order valence-corrected chi connectivity index (χ4v) is 2.73. The zero-order valence-corrected chi connectivity index (χ0v) is 11.9. The maximum atomic E-state index is 12.0. The van der Waals surface area contributed by atoms with Crippen LogP contribution in [0.25, 0.3) is 0 Å². The molecule has 0 fully saturated rings. The van der Waals surface area contributed by atoms with Crippen molar-refractivity contribution in [1.82, 2.24) is 4.72 Å². The standard InChI is InChI=1S/C11H17ClN2O3S/c1-8-6-9(7-10(13)11(8)12)18(15,16)14-4-3-5-17-2/h6-7,14H,3-5,13H2,1-2H3. The first kappa shape index (κ1) is 15.2. The molecule has 0 aromatic heterocycles. The number of nitrogens with one attached hydrogen (secondary N) is 1. The van der Waals surface area contributed by atoms with Crippen molar-refractivity contribution in [3.8, 4) is 0 Å². The van der Waals surface area contributed by atoms with E-state index < -0.39 is 10.0 Å². The highest BCUT2D eigenvalue weighted by Crippen LogP contribution is 2.26. The van der Waals surface area contributed by atoms with Crippen LogP contribution in [0.5, 0.6) is 0 Å². The number of rotatable bonds is 6. The number of ether oxygens (including phenoxy) is 1. The molecule has 3 N–H and O–H groups in total. The summed E-state index contributed by atoms with van der Waals surface area (Å²) in [6, 6.07) is 2.85. The highest BCUT2D eigenvalue weighted by Gasteiger charge is 2.16. The fraction of sp³-hybridized carbons (Fsp3) is 0.455. The van der Waals surface area contributed by atoms with Crippen LogP contribution in [0.15, 0.2) is 17.0 Å². The number of halogens is 1. The van der Waals surface area contributed by atoms with Crippen LogP contribution in [-0.4, -0.2) is 28.7 Å². The largest absolute Gasteiger partial charge is 0.397 e. The molecule has 5 nitrogen and oxygen atoms in total. The van der Waals surface area contributed by atoms with Gasteiger partial charge in [-0.2, -0.15) is 0 Å². The highest BCUT2D eigenvalue weighted by atomic mass is 35.5. The van der Waals surface area contributed by atoms with Crippen LogP contribution >= 0.6 is 11.6 Å². The van der Waals surface area contributed by atoms with Gasteiger partial charge in [-0.15, -0.1) is 0 Å². The Bertz CT molecular complexity index is 494. The lowest BCUT2D eigenvalue weighted by molar-refractivity contribution is 0.196. The molecule has 7 heteroatoms. The lowest BCUT2D eigenvalue weighted by atomic mass is 10.2. The smallest absolute Gasteiger partial charge is 0.240 e. The molecule has 0 aliphatic carbocycles. The Labute approximate surface area is 112 Å². The van der Waals surface area contributed by atoms with E-state index in [4.69, 9.17) is 22.1 Å². The van der Waals surface area contributed by atoms with Gasteiger partial charge in [0.25, 0.3) is 0 Å². The summed E-state index contributed by atoms with van der Waals surface area (Å²) in [6.07, 6.45) is 0.609. The summed E-state index contributed by atoms with van der Waals surface area (Å²) in [5.74, 6) is 0. The van der Waals surface area contributed by atoms with E-state index in [-0.39, 0.29) is 10.6 Å². The Morgan fingerprint density at radius 3 is 2.67 bits per heavy atom. The molecule has 0 aliphatic rings. The monoisotopic (exact) mass is 292 g/mol. The van der Waals surface area contributed by atoms with E-state index in [1.54, 1.807) is 14.0 Å². The molecule has 0 saturated carbocycles. The van der Waals surface area contributed by atoms with Crippen molar-refractivity contribution in [2.75, 3.05) is 26.0 Å². The van der Waals surface area contributed by atoms with Crippen LogP contribution < -0.4 is 10.5 Å². The zero-order chi connectivity index (χ0) is 13.8. The van der Waals surface area contributed by atoms with Gasteiger partial charge in [0.1, 0.15) is 0 Å². The number of hydrogen-bond acceptors (Lipinski definition) is 4. The number of nitrogens with two attached hydrogens (primary N) is 1. The van der Waals surface area contributed by atoms with E-state index in [1.807, 2.05) is 0 Å². The SMILES string of the molecule is COCCCNS(=O)(=O)c1cc(C)c(Cl)c(N)c1. The molecule has 0 spiro atoms. The summed E-state index contributed by atoms with van der Waals surface area (Å²) in [6.45, 7) is 2.53. The van der Waals surface area contributed by atoms with Crippen molar-refractivity contribution in [2.24, 2.45) is 0 Å². The van der Waals surface area contributed by atoms with Gasteiger partial charge in [0.2, 0.25) is 10.0 Å². The van der Waals surface area contributed by atoms with Crippen molar-refractivity contribution in [2.45, 2.75) is 18.2 Å². The molecule has 0 heterocycles. The molecule has 0 atom stereocenters. The van der Waals surface area contributed by atoms with Gasteiger partial charge in [0, 0.05) is 20.3 Å². The molecule has 0 saturated heterocycles. The number of sulfonamides is 1. The van der Waals surface area contributed by atoms with Crippen LogP contribution in [0.1, 0.15) is 12.0 Å². The van der Waals surface area contributed by atoms with Crippen molar-refractivity contribution in [3.05, 3.63) is 22.7 Å². The second-order valence-corrected chi connectivity index (χ2v) is 6.03. The molecule has 1 aromatic carbocycles. The van der Waals surface area contributed by atoms with E-state index in [9.17, 15) is 8.42 Å². The van der Waals surface area contributed by atoms with Crippen LogP contribution in [-0.2, 0) is 14.8 Å². The predicted molar refractivity (Wildman–Crippen MR) is 72.3 cm³/mol. The van der Waals surface area contributed by atoms with Gasteiger partial charge in [0.15, 0.2) is 0 Å². The minimum atomic E-state index is -3.55. The number of nitrogen functional groups attached to an aromatic ring is 1. The van der Waals surface area contributed by atoms with Gasteiger partial charge in [0.05, 0.1) is 15.6 Å². The fourth-order valence-electron chi connectivity index (χ4n) is 1.42. The molecule has 0 radical (unpaired) electrons. The summed E-state index contributed by atoms with van der Waals surface area (Å²) in [5, 5.41) is 0.383. The molecule has 0 bridgehead atoms. The molecular weight excluding hydrogens is 276 g/mol. The molecule has 1 rings (SSSR count). The Kier molecular flexibility index (Phi) is 5.40. The van der Waals surface area contributed by atoms with E-state index in [0.29, 0.717) is 30.2 Å². The van der Waals surface area contributed by atoms with E-state index >= 15 is 0 Å². The molecule has 0 unspecified atom stereocenters. The maximum Gasteiger partial charge on any atom is 0.240 e. The number of methoxy groups -OCH3 is 1. The van der Waals surface area contributed by atoms with Crippen LogP contribution in [0, 0.1) is 6.92 Å². The van der Waals surface area contributed by atoms with Crippen LogP contribution in [0.4, 0.5) is 5.69 Å². The molecular formula is C11H17ClN2O3S. The number of benzene rings is 1. The van der Waals surface area contributed by atoms with Gasteiger partial charge in [-0.05, 0) is 31.0 Å². The first-order valence-electron chi connectivity index (χ1n) is 5.42.